The Balaban J connectivity index is 1.78. The largest absolute Gasteiger partial charge is 0.545 e. The molecule has 138 valence electrons. The van der Waals surface area contributed by atoms with E-state index in [1.54, 1.807) is 0 Å². The highest BCUT2D eigenvalue weighted by Gasteiger charge is 2.34. The molecule has 1 aliphatic heterocycles. The number of amides is 2. The van der Waals surface area contributed by atoms with Crippen LogP contribution in [0.15, 0.2) is 54.6 Å². The molecule has 0 saturated carbocycles. The van der Waals surface area contributed by atoms with Crippen LogP contribution in [-0.2, 0) is 6.54 Å². The number of imide groups is 1. The van der Waals surface area contributed by atoms with Gasteiger partial charge in [-0.15, -0.1) is 0 Å². The smallest absolute Gasteiger partial charge is 0.277 e. The van der Waals surface area contributed by atoms with Gasteiger partial charge in [0.25, 0.3) is 17.5 Å². The summed E-state index contributed by atoms with van der Waals surface area (Å²) in [6.45, 7) is -0.0577. The molecule has 3 aromatic rings. The molecule has 0 aliphatic carbocycles. The van der Waals surface area contributed by atoms with Crippen molar-refractivity contribution in [2.24, 2.45) is 0 Å². The number of hydrogen-bond donors (Lipinski definition) is 0. The van der Waals surface area contributed by atoms with Crippen LogP contribution in [0.4, 0.5) is 5.69 Å². The fourth-order valence-electron chi connectivity index (χ4n) is 3.36. The lowest BCUT2D eigenvalue weighted by Crippen LogP contribution is -2.39. The maximum atomic E-state index is 12.9. The molecule has 0 atom stereocenters. The van der Waals surface area contributed by atoms with Crippen molar-refractivity contribution in [2.75, 3.05) is 0 Å². The van der Waals surface area contributed by atoms with Crippen molar-refractivity contribution in [3.8, 4) is 0 Å². The van der Waals surface area contributed by atoms with Crippen molar-refractivity contribution in [1.29, 1.82) is 0 Å². The zero-order valence-corrected chi connectivity index (χ0v) is 14.2. The van der Waals surface area contributed by atoms with E-state index < -0.39 is 22.7 Å². The van der Waals surface area contributed by atoms with E-state index in [0.29, 0.717) is 5.56 Å². The zero-order valence-electron chi connectivity index (χ0n) is 14.2. The van der Waals surface area contributed by atoms with Gasteiger partial charge in [0.2, 0.25) is 0 Å². The number of non-ortho nitro benzene ring substituents is 1. The van der Waals surface area contributed by atoms with Gasteiger partial charge in [-0.1, -0.05) is 30.3 Å². The highest BCUT2D eigenvalue weighted by molar-refractivity contribution is 6.26. The molecule has 8 nitrogen and oxygen atoms in total. The number of benzene rings is 3. The van der Waals surface area contributed by atoms with Gasteiger partial charge in [0.05, 0.1) is 22.8 Å². The predicted octanol–water partition coefficient (Wildman–Crippen LogP) is 1.91. The molecule has 0 fully saturated rings. The highest BCUT2D eigenvalue weighted by Crippen LogP contribution is 2.35. The lowest BCUT2D eigenvalue weighted by Gasteiger charge is -2.27. The number of nitro benzene ring substituents is 1. The molecular formula is C20H11N2O6-. The van der Waals surface area contributed by atoms with Crippen LogP contribution in [0.25, 0.3) is 10.8 Å². The lowest BCUT2D eigenvalue weighted by molar-refractivity contribution is -0.383. The van der Waals surface area contributed by atoms with Crippen molar-refractivity contribution in [3.63, 3.8) is 0 Å². The van der Waals surface area contributed by atoms with Crippen molar-refractivity contribution in [1.82, 2.24) is 4.90 Å². The monoisotopic (exact) mass is 375 g/mol. The first kappa shape index (κ1) is 17.3. The van der Waals surface area contributed by atoms with Gasteiger partial charge in [0.15, 0.2) is 0 Å². The van der Waals surface area contributed by atoms with Gasteiger partial charge in [0.1, 0.15) is 0 Å². The van der Waals surface area contributed by atoms with Crippen LogP contribution in [0.5, 0.6) is 0 Å². The van der Waals surface area contributed by atoms with Gasteiger partial charge in [-0.05, 0) is 29.3 Å². The van der Waals surface area contributed by atoms with Crippen LogP contribution in [0, 0.1) is 10.1 Å². The Hall–Kier alpha value is -4.07. The summed E-state index contributed by atoms with van der Waals surface area (Å²) in [5.41, 5.74) is 0.795. The summed E-state index contributed by atoms with van der Waals surface area (Å²) >= 11 is 0. The van der Waals surface area contributed by atoms with Gasteiger partial charge in [-0.25, -0.2) is 0 Å². The second kappa shape index (κ2) is 6.27. The van der Waals surface area contributed by atoms with Crippen molar-refractivity contribution < 1.29 is 24.4 Å². The number of carboxylic acid groups (broad SMARTS) is 1. The normalized spacial score (nSPS) is 13.1. The Morgan fingerprint density at radius 2 is 1.57 bits per heavy atom. The highest BCUT2D eigenvalue weighted by atomic mass is 16.6. The number of carbonyl (C=O) groups excluding carboxylic acids is 3. The first-order chi connectivity index (χ1) is 13.4. The van der Waals surface area contributed by atoms with E-state index in [4.69, 9.17) is 0 Å². The number of hydrogen-bond acceptors (Lipinski definition) is 6. The fourth-order valence-corrected chi connectivity index (χ4v) is 3.36. The quantitative estimate of drug-likeness (QED) is 0.390. The molecule has 0 bridgehead atoms. The standard InChI is InChI=1S/C20H12N2O6/c23-18-14-3-1-2-13-16(22(27)28)9-8-15(17(13)14)19(24)21(18)10-11-4-6-12(7-5-11)20(25)26/h1-9H,10H2,(H,25,26)/p-1. The minimum absolute atomic E-state index is 0.0116. The van der Waals surface area contributed by atoms with Crippen molar-refractivity contribution in [2.45, 2.75) is 6.54 Å². The zero-order chi connectivity index (χ0) is 20.0. The third kappa shape index (κ3) is 2.59. The number of carbonyl (C=O) groups is 3. The Morgan fingerprint density at radius 3 is 2.18 bits per heavy atom. The Labute approximate surface area is 157 Å². The molecule has 8 heteroatoms. The maximum absolute atomic E-state index is 12.9. The molecule has 0 N–H and O–H groups in total. The van der Waals surface area contributed by atoms with Crippen LogP contribution < -0.4 is 5.11 Å². The summed E-state index contributed by atoms with van der Waals surface area (Å²) in [5, 5.41) is 22.6. The molecule has 0 saturated heterocycles. The summed E-state index contributed by atoms with van der Waals surface area (Å²) in [7, 11) is 0. The summed E-state index contributed by atoms with van der Waals surface area (Å²) in [6, 6.07) is 12.8. The van der Waals surface area contributed by atoms with E-state index in [2.05, 4.69) is 0 Å². The summed E-state index contributed by atoms with van der Waals surface area (Å²) in [5.74, 6) is -2.45. The fraction of sp³-hybridized carbons (Fsp3) is 0.0500. The van der Waals surface area contributed by atoms with Crippen LogP contribution in [0.2, 0.25) is 0 Å². The molecule has 4 rings (SSSR count). The maximum Gasteiger partial charge on any atom is 0.277 e. The summed E-state index contributed by atoms with van der Waals surface area (Å²) < 4.78 is 0. The molecule has 0 aromatic heterocycles. The molecule has 2 amide bonds. The third-order valence-electron chi connectivity index (χ3n) is 4.70. The Morgan fingerprint density at radius 1 is 0.929 bits per heavy atom. The Bertz CT molecular complexity index is 1160. The van der Waals surface area contributed by atoms with Crippen LogP contribution in [0.1, 0.15) is 36.6 Å². The number of nitro groups is 1. The molecular weight excluding hydrogens is 364 g/mol. The number of carboxylic acids is 1. The SMILES string of the molecule is O=C([O-])c1ccc(CN2C(=O)c3cccc4c([N+](=O)[O-])ccc(c34)C2=O)cc1. The van der Waals surface area contributed by atoms with Crippen molar-refractivity contribution >= 4 is 34.2 Å². The van der Waals surface area contributed by atoms with Gasteiger partial charge in [0, 0.05) is 22.6 Å². The van der Waals surface area contributed by atoms with E-state index in [-0.39, 0.29) is 39.7 Å². The van der Waals surface area contributed by atoms with Gasteiger partial charge >= 0.3 is 0 Å². The lowest BCUT2D eigenvalue weighted by atomic mass is 9.93. The first-order valence-electron chi connectivity index (χ1n) is 8.25. The average Bonchev–Trinajstić information content (AvgIpc) is 2.69. The molecule has 0 unspecified atom stereocenters. The van der Waals surface area contributed by atoms with Gasteiger partial charge in [-0.3, -0.25) is 24.6 Å². The summed E-state index contributed by atoms with van der Waals surface area (Å²) in [6.07, 6.45) is 0. The predicted molar refractivity (Wildman–Crippen MR) is 95.6 cm³/mol. The molecule has 0 spiro atoms. The van der Waals surface area contributed by atoms with E-state index in [9.17, 15) is 29.6 Å². The Kier molecular flexibility index (Phi) is 3.89. The number of aromatic carboxylic acids is 1. The van der Waals surface area contributed by atoms with Crippen LogP contribution >= 0.6 is 0 Å². The average molecular weight is 375 g/mol. The minimum atomic E-state index is -1.32. The van der Waals surface area contributed by atoms with Gasteiger partial charge in [-0.2, -0.15) is 0 Å². The third-order valence-corrected chi connectivity index (χ3v) is 4.70. The molecule has 3 aromatic carbocycles. The molecule has 1 aliphatic rings. The van der Waals surface area contributed by atoms with E-state index >= 15 is 0 Å². The second-order valence-corrected chi connectivity index (χ2v) is 6.30. The van der Waals surface area contributed by atoms with E-state index in [1.807, 2.05) is 0 Å². The molecule has 1 heterocycles. The van der Waals surface area contributed by atoms with Crippen molar-refractivity contribution in [3.05, 3.63) is 87.0 Å². The van der Waals surface area contributed by atoms with Crippen LogP contribution in [0.3, 0.4) is 0 Å². The second-order valence-electron chi connectivity index (χ2n) is 6.30. The number of rotatable bonds is 4. The minimum Gasteiger partial charge on any atom is -0.545 e. The molecule has 28 heavy (non-hydrogen) atoms. The van der Waals surface area contributed by atoms with E-state index in [1.165, 1.54) is 54.6 Å². The van der Waals surface area contributed by atoms with E-state index in [0.717, 1.165) is 4.90 Å². The number of nitrogens with zero attached hydrogens (tertiary/aromatic N) is 2. The molecule has 0 radical (unpaired) electrons. The first-order valence-corrected chi connectivity index (χ1v) is 8.25. The van der Waals surface area contributed by atoms with Gasteiger partial charge < -0.3 is 9.90 Å². The topological polar surface area (TPSA) is 121 Å². The summed E-state index contributed by atoms with van der Waals surface area (Å²) in [4.78, 5) is 48.4. The van der Waals surface area contributed by atoms with Crippen LogP contribution in [-0.4, -0.2) is 27.6 Å².